The van der Waals surface area contributed by atoms with Gasteiger partial charge in [0.25, 0.3) is 5.91 Å². The van der Waals surface area contributed by atoms with Gasteiger partial charge in [-0.15, -0.1) is 0 Å². The highest BCUT2D eigenvalue weighted by atomic mass is 35.5. The molecule has 0 saturated carbocycles. The van der Waals surface area contributed by atoms with Gasteiger partial charge >= 0.3 is 5.63 Å². The van der Waals surface area contributed by atoms with Crippen LogP contribution in [-0.4, -0.2) is 12.5 Å². The molecule has 0 saturated heterocycles. The standard InChI is InChI=1S/C19H14Cl3NO4/c1-9-16(20)10(2)18(22)19(17(9)21)26-8-14(24)23-12-4-5-13-11(7-12)3-6-15(25)27-13/h3-7H,8H2,1-2H3,(H,23,24). The van der Waals surface area contributed by atoms with Crippen LogP contribution >= 0.6 is 34.8 Å². The van der Waals surface area contributed by atoms with E-state index in [0.29, 0.717) is 32.8 Å². The van der Waals surface area contributed by atoms with Crippen LogP contribution < -0.4 is 15.7 Å². The molecule has 0 aliphatic heterocycles. The van der Waals surface area contributed by atoms with E-state index in [9.17, 15) is 9.59 Å². The summed E-state index contributed by atoms with van der Waals surface area (Å²) in [5, 5.41) is 4.38. The molecule has 140 valence electrons. The highest BCUT2D eigenvalue weighted by Crippen LogP contribution is 2.42. The summed E-state index contributed by atoms with van der Waals surface area (Å²) in [5.41, 5.74) is 1.79. The van der Waals surface area contributed by atoms with Crippen molar-refractivity contribution in [3.63, 3.8) is 0 Å². The number of amides is 1. The van der Waals surface area contributed by atoms with Crippen LogP contribution in [0.15, 0.2) is 39.5 Å². The number of fused-ring (bicyclic) bond motifs is 1. The maximum atomic E-state index is 12.2. The predicted molar refractivity (Wildman–Crippen MR) is 108 cm³/mol. The molecule has 1 heterocycles. The number of halogens is 3. The lowest BCUT2D eigenvalue weighted by Crippen LogP contribution is -2.20. The van der Waals surface area contributed by atoms with Gasteiger partial charge in [0.15, 0.2) is 12.4 Å². The van der Waals surface area contributed by atoms with Crippen molar-refractivity contribution in [1.29, 1.82) is 0 Å². The number of rotatable bonds is 4. The molecule has 8 heteroatoms. The molecular weight excluding hydrogens is 413 g/mol. The van der Waals surface area contributed by atoms with Crippen LogP contribution in [0.1, 0.15) is 11.1 Å². The van der Waals surface area contributed by atoms with E-state index in [1.807, 2.05) is 0 Å². The Labute approximate surface area is 169 Å². The summed E-state index contributed by atoms with van der Waals surface area (Å²) in [4.78, 5) is 23.4. The van der Waals surface area contributed by atoms with Crippen molar-refractivity contribution in [3.8, 4) is 5.75 Å². The third-order valence-corrected chi connectivity index (χ3v) is 5.44. The van der Waals surface area contributed by atoms with E-state index in [4.69, 9.17) is 44.0 Å². The molecule has 0 fully saturated rings. The molecular formula is C19H14Cl3NO4. The van der Waals surface area contributed by atoms with Gasteiger partial charge < -0.3 is 14.5 Å². The second-order valence-electron chi connectivity index (χ2n) is 5.86. The van der Waals surface area contributed by atoms with Gasteiger partial charge in [0.05, 0.1) is 10.0 Å². The number of carbonyl (C=O) groups is 1. The minimum atomic E-state index is -0.435. The van der Waals surface area contributed by atoms with Crippen LogP contribution in [0.25, 0.3) is 11.0 Å². The molecule has 3 aromatic rings. The number of carbonyl (C=O) groups excluding carboxylic acids is 1. The van der Waals surface area contributed by atoms with Crippen LogP contribution in [-0.2, 0) is 4.79 Å². The molecule has 3 rings (SSSR count). The average molecular weight is 427 g/mol. The molecule has 0 radical (unpaired) electrons. The maximum absolute atomic E-state index is 12.2. The van der Waals surface area contributed by atoms with Gasteiger partial charge in [-0.2, -0.15) is 0 Å². The Balaban J connectivity index is 1.74. The molecule has 0 aliphatic rings. The van der Waals surface area contributed by atoms with E-state index >= 15 is 0 Å². The fourth-order valence-corrected chi connectivity index (χ4v) is 3.34. The first-order chi connectivity index (χ1) is 12.8. The Hall–Kier alpha value is -2.21. The molecule has 1 N–H and O–H groups in total. The second kappa shape index (κ2) is 7.80. The smallest absolute Gasteiger partial charge is 0.336 e. The molecule has 1 amide bonds. The molecule has 0 spiro atoms. The van der Waals surface area contributed by atoms with E-state index in [0.717, 1.165) is 0 Å². The molecule has 0 unspecified atom stereocenters. The topological polar surface area (TPSA) is 68.5 Å². The summed E-state index contributed by atoms with van der Waals surface area (Å²) < 4.78 is 10.6. The summed E-state index contributed by atoms with van der Waals surface area (Å²) in [6.45, 7) is 3.20. The molecule has 0 bridgehead atoms. The predicted octanol–water partition coefficient (Wildman–Crippen LogP) is 5.39. The average Bonchev–Trinajstić information content (AvgIpc) is 2.65. The van der Waals surface area contributed by atoms with Crippen molar-refractivity contribution < 1.29 is 13.9 Å². The summed E-state index contributed by atoms with van der Waals surface area (Å²) >= 11 is 18.6. The summed E-state index contributed by atoms with van der Waals surface area (Å²) in [7, 11) is 0. The lowest BCUT2D eigenvalue weighted by molar-refractivity contribution is -0.118. The van der Waals surface area contributed by atoms with Gasteiger partial charge in [0, 0.05) is 22.2 Å². The lowest BCUT2D eigenvalue weighted by Gasteiger charge is -2.15. The summed E-state index contributed by atoms with van der Waals surface area (Å²) in [5.74, 6) is -0.183. The van der Waals surface area contributed by atoms with Gasteiger partial charge in [-0.1, -0.05) is 34.8 Å². The van der Waals surface area contributed by atoms with E-state index in [2.05, 4.69) is 5.32 Å². The Morgan fingerprint density at radius 1 is 1.04 bits per heavy atom. The van der Waals surface area contributed by atoms with E-state index in [1.54, 1.807) is 38.1 Å². The van der Waals surface area contributed by atoms with Crippen LogP contribution in [0.4, 0.5) is 5.69 Å². The number of nitrogens with one attached hydrogen (secondary N) is 1. The van der Waals surface area contributed by atoms with E-state index in [1.165, 1.54) is 6.07 Å². The van der Waals surface area contributed by atoms with Gasteiger partial charge in [-0.05, 0) is 49.2 Å². The number of hydrogen-bond donors (Lipinski definition) is 1. The first-order valence-electron chi connectivity index (χ1n) is 7.88. The van der Waals surface area contributed by atoms with Crippen LogP contribution in [0.3, 0.4) is 0 Å². The largest absolute Gasteiger partial charge is 0.481 e. The molecule has 27 heavy (non-hydrogen) atoms. The molecule has 1 aromatic heterocycles. The van der Waals surface area contributed by atoms with Gasteiger partial charge in [-0.25, -0.2) is 4.79 Å². The highest BCUT2D eigenvalue weighted by molar-refractivity contribution is 6.42. The number of anilines is 1. The lowest BCUT2D eigenvalue weighted by atomic mass is 10.1. The summed E-state index contributed by atoms with van der Waals surface area (Å²) in [6.07, 6.45) is 0. The Kier molecular flexibility index (Phi) is 5.65. The molecule has 0 aliphatic carbocycles. The van der Waals surface area contributed by atoms with Crippen molar-refractivity contribution in [2.45, 2.75) is 13.8 Å². The SMILES string of the molecule is Cc1c(Cl)c(C)c(Cl)c(OCC(=O)Nc2ccc3oc(=O)ccc3c2)c1Cl. The van der Waals surface area contributed by atoms with E-state index < -0.39 is 11.5 Å². The molecule has 0 atom stereocenters. The zero-order chi connectivity index (χ0) is 19.7. The van der Waals surface area contributed by atoms with Crippen molar-refractivity contribution in [2.24, 2.45) is 0 Å². The summed E-state index contributed by atoms with van der Waals surface area (Å²) in [6, 6.07) is 7.84. The van der Waals surface area contributed by atoms with E-state index in [-0.39, 0.29) is 22.4 Å². The first kappa shape index (κ1) is 19.5. The highest BCUT2D eigenvalue weighted by Gasteiger charge is 2.18. The maximum Gasteiger partial charge on any atom is 0.336 e. The van der Waals surface area contributed by atoms with Crippen molar-refractivity contribution in [1.82, 2.24) is 0 Å². The third kappa shape index (κ3) is 4.05. The Bertz CT molecular complexity index is 1080. The fraction of sp³-hybridized carbons (Fsp3) is 0.158. The number of benzene rings is 2. The monoisotopic (exact) mass is 425 g/mol. The van der Waals surface area contributed by atoms with Crippen LogP contribution in [0, 0.1) is 13.8 Å². The number of ether oxygens (including phenoxy) is 1. The zero-order valence-corrected chi connectivity index (χ0v) is 16.6. The Morgan fingerprint density at radius 2 is 1.70 bits per heavy atom. The van der Waals surface area contributed by atoms with Crippen molar-refractivity contribution >= 4 is 57.4 Å². The van der Waals surface area contributed by atoms with Gasteiger partial charge in [-0.3, -0.25) is 4.79 Å². The van der Waals surface area contributed by atoms with Crippen LogP contribution in [0.5, 0.6) is 5.75 Å². The van der Waals surface area contributed by atoms with Crippen LogP contribution in [0.2, 0.25) is 15.1 Å². The Morgan fingerprint density at radius 3 is 2.37 bits per heavy atom. The van der Waals surface area contributed by atoms with Crippen molar-refractivity contribution in [2.75, 3.05) is 11.9 Å². The molecule has 2 aromatic carbocycles. The molecule has 5 nitrogen and oxygen atoms in total. The fourth-order valence-electron chi connectivity index (χ4n) is 2.52. The normalized spacial score (nSPS) is 10.9. The third-order valence-electron chi connectivity index (χ3n) is 3.97. The minimum Gasteiger partial charge on any atom is -0.481 e. The number of hydrogen-bond acceptors (Lipinski definition) is 4. The van der Waals surface area contributed by atoms with Gasteiger partial charge in [0.2, 0.25) is 0 Å². The zero-order valence-electron chi connectivity index (χ0n) is 14.4. The quantitative estimate of drug-likeness (QED) is 0.568. The van der Waals surface area contributed by atoms with Gasteiger partial charge in [0.1, 0.15) is 5.58 Å². The van der Waals surface area contributed by atoms with Crippen molar-refractivity contribution in [3.05, 3.63) is 66.9 Å². The minimum absolute atomic E-state index is 0.216. The second-order valence-corrected chi connectivity index (χ2v) is 7.00. The first-order valence-corrected chi connectivity index (χ1v) is 9.01.